The molecule has 1 aromatic rings. The van der Waals surface area contributed by atoms with Crippen LogP contribution in [0.5, 0.6) is 5.75 Å². The van der Waals surface area contributed by atoms with Crippen molar-refractivity contribution in [2.24, 2.45) is 0 Å². The summed E-state index contributed by atoms with van der Waals surface area (Å²) in [5, 5.41) is 0.167. The van der Waals surface area contributed by atoms with Crippen LogP contribution < -0.4 is 4.74 Å². The van der Waals surface area contributed by atoms with E-state index in [0.717, 1.165) is 0 Å². The van der Waals surface area contributed by atoms with E-state index in [1.54, 1.807) is 6.92 Å². The monoisotopic (exact) mass is 248 g/mol. The second-order valence-corrected chi connectivity index (χ2v) is 3.53. The largest absolute Gasteiger partial charge is 0.486 e. The number of Topliss-reactive ketones (excluding diaryl/α,β-unsaturated/α-hetero) is 1. The SMILES string of the molecule is CCC(=O)c1ccc(OCC(F)F)c(Cl)c1. The predicted octanol–water partition coefficient (Wildman–Crippen LogP) is 3.58. The molecule has 1 aromatic carbocycles. The molecule has 0 heterocycles. The maximum atomic E-state index is 11.9. The van der Waals surface area contributed by atoms with Crippen LogP contribution in [0, 0.1) is 0 Å². The zero-order valence-corrected chi connectivity index (χ0v) is 9.43. The third-order valence-electron chi connectivity index (χ3n) is 1.94. The Labute approximate surface area is 97.2 Å². The van der Waals surface area contributed by atoms with Crippen molar-refractivity contribution in [3.8, 4) is 5.75 Å². The lowest BCUT2D eigenvalue weighted by molar-refractivity contribution is 0.0819. The highest BCUT2D eigenvalue weighted by Crippen LogP contribution is 2.26. The van der Waals surface area contributed by atoms with E-state index in [-0.39, 0.29) is 16.6 Å². The summed E-state index contributed by atoms with van der Waals surface area (Å²) in [6.07, 6.45) is -2.18. The van der Waals surface area contributed by atoms with Gasteiger partial charge in [-0.3, -0.25) is 4.79 Å². The van der Waals surface area contributed by atoms with Crippen molar-refractivity contribution in [2.75, 3.05) is 6.61 Å². The van der Waals surface area contributed by atoms with E-state index in [1.165, 1.54) is 18.2 Å². The number of carbonyl (C=O) groups excluding carboxylic acids is 1. The van der Waals surface area contributed by atoms with Crippen molar-refractivity contribution in [2.45, 2.75) is 19.8 Å². The van der Waals surface area contributed by atoms with Gasteiger partial charge in [0, 0.05) is 12.0 Å². The Morgan fingerprint density at radius 1 is 1.50 bits per heavy atom. The van der Waals surface area contributed by atoms with Crippen LogP contribution in [-0.2, 0) is 0 Å². The lowest BCUT2D eigenvalue weighted by Gasteiger charge is -2.08. The van der Waals surface area contributed by atoms with Gasteiger partial charge in [0.05, 0.1) is 5.02 Å². The average Bonchev–Trinajstić information content (AvgIpc) is 2.26. The van der Waals surface area contributed by atoms with Gasteiger partial charge >= 0.3 is 0 Å². The predicted molar refractivity (Wildman–Crippen MR) is 57.6 cm³/mol. The van der Waals surface area contributed by atoms with E-state index in [4.69, 9.17) is 16.3 Å². The van der Waals surface area contributed by atoms with Crippen LogP contribution in [0.3, 0.4) is 0 Å². The number of ketones is 1. The molecule has 0 aliphatic carbocycles. The maximum absolute atomic E-state index is 11.9. The number of ether oxygens (including phenoxy) is 1. The third-order valence-corrected chi connectivity index (χ3v) is 2.24. The second-order valence-electron chi connectivity index (χ2n) is 3.12. The van der Waals surface area contributed by atoms with Gasteiger partial charge in [0.25, 0.3) is 6.43 Å². The summed E-state index contributed by atoms with van der Waals surface area (Å²) in [5.41, 5.74) is 0.455. The summed E-state index contributed by atoms with van der Waals surface area (Å²) in [6, 6.07) is 4.36. The molecule has 0 spiro atoms. The van der Waals surface area contributed by atoms with Gasteiger partial charge < -0.3 is 4.74 Å². The second kappa shape index (κ2) is 5.80. The zero-order chi connectivity index (χ0) is 12.1. The fourth-order valence-corrected chi connectivity index (χ4v) is 1.38. The van der Waals surface area contributed by atoms with Crippen molar-refractivity contribution in [1.29, 1.82) is 0 Å². The summed E-state index contributed by atoms with van der Waals surface area (Å²) in [7, 11) is 0. The van der Waals surface area contributed by atoms with Crippen LogP contribution in [0.25, 0.3) is 0 Å². The van der Waals surface area contributed by atoms with Gasteiger partial charge in [-0.2, -0.15) is 0 Å². The molecule has 0 aliphatic rings. The van der Waals surface area contributed by atoms with Crippen LogP contribution in [0.15, 0.2) is 18.2 Å². The normalized spacial score (nSPS) is 10.6. The molecule has 0 saturated heterocycles. The Balaban J connectivity index is 2.79. The van der Waals surface area contributed by atoms with Gasteiger partial charge in [-0.05, 0) is 18.2 Å². The van der Waals surface area contributed by atoms with Crippen molar-refractivity contribution in [3.63, 3.8) is 0 Å². The highest BCUT2D eigenvalue weighted by molar-refractivity contribution is 6.32. The minimum absolute atomic E-state index is 0.0534. The fourth-order valence-electron chi connectivity index (χ4n) is 1.15. The molecule has 2 nitrogen and oxygen atoms in total. The molecule has 1 rings (SSSR count). The van der Waals surface area contributed by atoms with E-state index >= 15 is 0 Å². The molecule has 0 bridgehead atoms. The minimum atomic E-state index is -2.55. The Morgan fingerprint density at radius 3 is 2.69 bits per heavy atom. The van der Waals surface area contributed by atoms with E-state index in [0.29, 0.717) is 12.0 Å². The molecule has 0 radical (unpaired) electrons. The Morgan fingerprint density at radius 2 is 2.19 bits per heavy atom. The van der Waals surface area contributed by atoms with Crippen molar-refractivity contribution < 1.29 is 18.3 Å². The molecule has 0 atom stereocenters. The number of hydrogen-bond donors (Lipinski definition) is 0. The standard InChI is InChI=1S/C11H11ClF2O2/c1-2-9(15)7-3-4-10(8(12)5-7)16-6-11(13)14/h3-5,11H,2,6H2,1H3. The molecule has 5 heteroatoms. The zero-order valence-electron chi connectivity index (χ0n) is 8.67. The van der Waals surface area contributed by atoms with E-state index < -0.39 is 13.0 Å². The van der Waals surface area contributed by atoms with Crippen molar-refractivity contribution in [3.05, 3.63) is 28.8 Å². The summed E-state index contributed by atoms with van der Waals surface area (Å²) >= 11 is 5.79. The van der Waals surface area contributed by atoms with Gasteiger partial charge in [-0.1, -0.05) is 18.5 Å². The van der Waals surface area contributed by atoms with Gasteiger partial charge in [-0.15, -0.1) is 0 Å². The minimum Gasteiger partial charge on any atom is -0.486 e. The fraction of sp³-hybridized carbons (Fsp3) is 0.364. The Hall–Kier alpha value is -1.16. The number of benzene rings is 1. The summed E-state index contributed by atoms with van der Waals surface area (Å²) < 4.78 is 28.6. The van der Waals surface area contributed by atoms with Crippen LogP contribution >= 0.6 is 11.6 Å². The molecule has 88 valence electrons. The smallest absolute Gasteiger partial charge is 0.272 e. The summed E-state index contributed by atoms with van der Waals surface area (Å²) in [6.45, 7) is 1.03. The average molecular weight is 249 g/mol. The van der Waals surface area contributed by atoms with Crippen LogP contribution in [0.2, 0.25) is 5.02 Å². The number of carbonyl (C=O) groups is 1. The molecule has 0 aromatic heterocycles. The van der Waals surface area contributed by atoms with Crippen LogP contribution in [0.4, 0.5) is 8.78 Å². The first-order valence-corrected chi connectivity index (χ1v) is 5.16. The quantitative estimate of drug-likeness (QED) is 0.745. The van der Waals surface area contributed by atoms with Crippen LogP contribution in [0.1, 0.15) is 23.7 Å². The highest BCUT2D eigenvalue weighted by Gasteiger charge is 2.09. The molecule has 0 amide bonds. The third kappa shape index (κ3) is 3.45. The van der Waals surface area contributed by atoms with Crippen molar-refractivity contribution >= 4 is 17.4 Å². The molecule has 0 N–H and O–H groups in total. The maximum Gasteiger partial charge on any atom is 0.272 e. The highest BCUT2D eigenvalue weighted by atomic mass is 35.5. The number of halogens is 3. The topological polar surface area (TPSA) is 26.3 Å². The van der Waals surface area contributed by atoms with E-state index in [9.17, 15) is 13.6 Å². The van der Waals surface area contributed by atoms with E-state index in [2.05, 4.69) is 0 Å². The molecular weight excluding hydrogens is 238 g/mol. The first-order valence-electron chi connectivity index (χ1n) is 4.78. The van der Waals surface area contributed by atoms with Gasteiger partial charge in [0.1, 0.15) is 12.4 Å². The first-order chi connectivity index (χ1) is 7.54. The summed E-state index contributed by atoms with van der Waals surface area (Å²) in [5.74, 6) is 0.108. The molecule has 0 unspecified atom stereocenters. The molecule has 16 heavy (non-hydrogen) atoms. The summed E-state index contributed by atoms with van der Waals surface area (Å²) in [4.78, 5) is 11.3. The molecule has 0 fully saturated rings. The Bertz CT molecular complexity index is 380. The molecule has 0 saturated carbocycles. The number of hydrogen-bond acceptors (Lipinski definition) is 2. The van der Waals surface area contributed by atoms with E-state index in [1.807, 2.05) is 0 Å². The number of alkyl halides is 2. The molecule has 0 aliphatic heterocycles. The first kappa shape index (κ1) is 12.9. The lowest BCUT2D eigenvalue weighted by atomic mass is 10.1. The lowest BCUT2D eigenvalue weighted by Crippen LogP contribution is -2.07. The number of rotatable bonds is 5. The van der Waals surface area contributed by atoms with Gasteiger partial charge in [0.2, 0.25) is 0 Å². The van der Waals surface area contributed by atoms with Crippen molar-refractivity contribution in [1.82, 2.24) is 0 Å². The van der Waals surface area contributed by atoms with Gasteiger partial charge in [0.15, 0.2) is 5.78 Å². The molecular formula is C11H11ClF2O2. The van der Waals surface area contributed by atoms with Crippen LogP contribution in [-0.4, -0.2) is 18.8 Å². The Kier molecular flexibility index (Phi) is 4.68. The van der Waals surface area contributed by atoms with Gasteiger partial charge in [-0.25, -0.2) is 8.78 Å².